The first-order valence-corrected chi connectivity index (χ1v) is 6.63. The van der Waals surface area contributed by atoms with Gasteiger partial charge in [0.25, 0.3) is 0 Å². The molecule has 1 saturated heterocycles. The summed E-state index contributed by atoms with van der Waals surface area (Å²) < 4.78 is 4.90. The first-order valence-electron chi connectivity index (χ1n) is 6.63. The Labute approximate surface area is 98.1 Å². The number of piperidine rings is 1. The van der Waals surface area contributed by atoms with Gasteiger partial charge in [0.2, 0.25) is 0 Å². The number of ether oxygens (including phenoxy) is 1. The van der Waals surface area contributed by atoms with Crippen molar-refractivity contribution in [3.05, 3.63) is 0 Å². The van der Waals surface area contributed by atoms with Crippen LogP contribution in [0, 0.1) is 5.92 Å². The summed E-state index contributed by atoms with van der Waals surface area (Å²) in [6, 6.07) is 0.0411. The molecule has 0 aromatic heterocycles. The number of likely N-dealkylation sites (tertiary alicyclic amines) is 1. The van der Waals surface area contributed by atoms with Crippen LogP contribution in [-0.2, 0) is 9.53 Å². The van der Waals surface area contributed by atoms with Gasteiger partial charge in [-0.25, -0.2) is 0 Å². The van der Waals surface area contributed by atoms with Crippen molar-refractivity contribution in [2.45, 2.75) is 51.0 Å². The molecule has 1 aliphatic carbocycles. The monoisotopic (exact) mass is 225 g/mol. The molecule has 1 aliphatic heterocycles. The van der Waals surface area contributed by atoms with Crippen molar-refractivity contribution in [2.75, 3.05) is 20.2 Å². The summed E-state index contributed by atoms with van der Waals surface area (Å²) in [6.45, 7) is 2.19. The zero-order valence-electron chi connectivity index (χ0n) is 10.3. The average Bonchev–Trinajstić information content (AvgIpc) is 2.82. The molecule has 0 bridgehead atoms. The lowest BCUT2D eigenvalue weighted by Crippen LogP contribution is -2.46. The highest BCUT2D eigenvalue weighted by Crippen LogP contribution is 2.28. The number of rotatable bonds is 3. The Kier molecular flexibility index (Phi) is 4.22. The van der Waals surface area contributed by atoms with Gasteiger partial charge in [-0.1, -0.05) is 19.3 Å². The smallest absolute Gasteiger partial charge is 0.323 e. The Hall–Kier alpha value is -0.570. The number of carbonyl (C=O) groups is 1. The van der Waals surface area contributed by atoms with Gasteiger partial charge < -0.3 is 4.74 Å². The Balaban J connectivity index is 1.90. The molecule has 2 fully saturated rings. The van der Waals surface area contributed by atoms with E-state index >= 15 is 0 Å². The van der Waals surface area contributed by atoms with E-state index < -0.39 is 0 Å². The van der Waals surface area contributed by atoms with E-state index in [4.69, 9.17) is 4.74 Å². The van der Waals surface area contributed by atoms with Crippen molar-refractivity contribution in [1.82, 2.24) is 4.90 Å². The highest BCUT2D eigenvalue weighted by molar-refractivity contribution is 5.75. The lowest BCUT2D eigenvalue weighted by molar-refractivity contribution is -0.148. The number of methoxy groups -OCH3 is 1. The van der Waals surface area contributed by atoms with E-state index in [9.17, 15) is 4.79 Å². The molecule has 1 heterocycles. The molecule has 0 spiro atoms. The third kappa shape index (κ3) is 2.76. The van der Waals surface area contributed by atoms with Crippen LogP contribution >= 0.6 is 0 Å². The van der Waals surface area contributed by atoms with Gasteiger partial charge in [0.15, 0.2) is 0 Å². The Morgan fingerprint density at radius 2 is 1.88 bits per heavy atom. The molecule has 3 heteroatoms. The number of nitrogens with zero attached hydrogens (tertiary/aromatic N) is 1. The average molecular weight is 225 g/mol. The van der Waals surface area contributed by atoms with Gasteiger partial charge in [-0.3, -0.25) is 9.69 Å². The third-order valence-electron chi connectivity index (χ3n) is 4.05. The zero-order chi connectivity index (χ0) is 11.4. The van der Waals surface area contributed by atoms with Crippen LogP contribution in [0.5, 0.6) is 0 Å². The Morgan fingerprint density at radius 3 is 2.56 bits per heavy atom. The minimum atomic E-state index is -0.0299. The van der Waals surface area contributed by atoms with E-state index in [2.05, 4.69) is 4.90 Å². The van der Waals surface area contributed by atoms with Crippen LogP contribution in [0.3, 0.4) is 0 Å². The van der Waals surface area contributed by atoms with Crippen molar-refractivity contribution >= 4 is 5.97 Å². The lowest BCUT2D eigenvalue weighted by atomic mass is 9.99. The summed E-state index contributed by atoms with van der Waals surface area (Å²) in [5.41, 5.74) is 0. The predicted octanol–water partition coefficient (Wildman–Crippen LogP) is 2.20. The maximum atomic E-state index is 11.7. The molecule has 0 radical (unpaired) electrons. The van der Waals surface area contributed by atoms with Crippen molar-refractivity contribution in [3.8, 4) is 0 Å². The molecule has 0 N–H and O–H groups in total. The second-order valence-corrected chi connectivity index (χ2v) is 5.18. The number of hydrogen-bond donors (Lipinski definition) is 0. The first-order chi connectivity index (χ1) is 7.81. The van der Waals surface area contributed by atoms with Gasteiger partial charge in [0.1, 0.15) is 6.04 Å². The molecule has 0 amide bonds. The third-order valence-corrected chi connectivity index (χ3v) is 4.05. The summed E-state index contributed by atoms with van der Waals surface area (Å²) in [5, 5.41) is 0. The Morgan fingerprint density at radius 1 is 1.19 bits per heavy atom. The van der Waals surface area contributed by atoms with Crippen LogP contribution in [0.2, 0.25) is 0 Å². The van der Waals surface area contributed by atoms with Crippen molar-refractivity contribution < 1.29 is 9.53 Å². The molecule has 3 nitrogen and oxygen atoms in total. The lowest BCUT2D eigenvalue weighted by Gasteiger charge is -2.35. The van der Waals surface area contributed by atoms with Gasteiger partial charge in [-0.05, 0) is 38.1 Å². The first kappa shape index (κ1) is 11.9. The fourth-order valence-electron chi connectivity index (χ4n) is 3.14. The maximum Gasteiger partial charge on any atom is 0.323 e. The number of esters is 1. The highest BCUT2D eigenvalue weighted by Gasteiger charge is 2.31. The van der Waals surface area contributed by atoms with Gasteiger partial charge >= 0.3 is 5.97 Å². The quantitative estimate of drug-likeness (QED) is 0.690. The minimum absolute atomic E-state index is 0.0299. The normalized spacial score (nSPS) is 28.2. The second-order valence-electron chi connectivity index (χ2n) is 5.18. The van der Waals surface area contributed by atoms with E-state index in [0.29, 0.717) is 0 Å². The topological polar surface area (TPSA) is 29.5 Å². The van der Waals surface area contributed by atoms with E-state index in [1.165, 1.54) is 45.6 Å². The summed E-state index contributed by atoms with van der Waals surface area (Å²) in [7, 11) is 1.50. The SMILES string of the molecule is COC(=O)[C@H]1CCCCN1CC1CCCC1. The molecule has 2 rings (SSSR count). The van der Waals surface area contributed by atoms with Crippen LogP contribution in [0.25, 0.3) is 0 Å². The van der Waals surface area contributed by atoms with E-state index in [1.54, 1.807) is 0 Å². The minimum Gasteiger partial charge on any atom is -0.468 e. The van der Waals surface area contributed by atoms with Crippen molar-refractivity contribution in [1.29, 1.82) is 0 Å². The second kappa shape index (κ2) is 5.67. The van der Waals surface area contributed by atoms with Crippen LogP contribution < -0.4 is 0 Å². The molecular formula is C13H23NO2. The van der Waals surface area contributed by atoms with Crippen LogP contribution in [0.15, 0.2) is 0 Å². The summed E-state index contributed by atoms with van der Waals surface area (Å²) in [4.78, 5) is 14.1. The molecule has 0 aromatic rings. The number of carbonyl (C=O) groups excluding carboxylic acids is 1. The standard InChI is InChI=1S/C13H23NO2/c1-16-13(15)12-8-4-5-9-14(12)10-11-6-2-3-7-11/h11-12H,2-10H2,1H3/t12-/m1/s1. The number of hydrogen-bond acceptors (Lipinski definition) is 3. The molecule has 2 aliphatic rings. The van der Waals surface area contributed by atoms with E-state index in [1.807, 2.05) is 0 Å². The largest absolute Gasteiger partial charge is 0.468 e. The molecule has 0 aromatic carbocycles. The molecule has 16 heavy (non-hydrogen) atoms. The zero-order valence-corrected chi connectivity index (χ0v) is 10.3. The summed E-state index contributed by atoms with van der Waals surface area (Å²) in [6.07, 6.45) is 8.85. The fourth-order valence-corrected chi connectivity index (χ4v) is 3.14. The molecule has 0 unspecified atom stereocenters. The summed E-state index contributed by atoms with van der Waals surface area (Å²) >= 11 is 0. The fraction of sp³-hybridized carbons (Fsp3) is 0.923. The summed E-state index contributed by atoms with van der Waals surface area (Å²) in [5.74, 6) is 0.794. The van der Waals surface area contributed by atoms with Crippen LogP contribution in [0.4, 0.5) is 0 Å². The van der Waals surface area contributed by atoms with Crippen LogP contribution in [0.1, 0.15) is 44.9 Å². The van der Waals surface area contributed by atoms with Gasteiger partial charge in [-0.2, -0.15) is 0 Å². The molecule has 92 valence electrons. The van der Waals surface area contributed by atoms with Crippen molar-refractivity contribution in [3.63, 3.8) is 0 Å². The maximum absolute atomic E-state index is 11.7. The predicted molar refractivity (Wildman–Crippen MR) is 63.2 cm³/mol. The van der Waals surface area contributed by atoms with Gasteiger partial charge in [0.05, 0.1) is 7.11 Å². The van der Waals surface area contributed by atoms with E-state index in [-0.39, 0.29) is 12.0 Å². The molecule has 1 saturated carbocycles. The van der Waals surface area contributed by atoms with Gasteiger partial charge in [-0.15, -0.1) is 0 Å². The highest BCUT2D eigenvalue weighted by atomic mass is 16.5. The van der Waals surface area contributed by atoms with Gasteiger partial charge in [0, 0.05) is 6.54 Å². The van der Waals surface area contributed by atoms with Crippen molar-refractivity contribution in [2.24, 2.45) is 5.92 Å². The molecular weight excluding hydrogens is 202 g/mol. The van der Waals surface area contributed by atoms with E-state index in [0.717, 1.165) is 25.4 Å². The molecule has 1 atom stereocenters. The van der Waals surface area contributed by atoms with Crippen LogP contribution in [-0.4, -0.2) is 37.1 Å². The Bertz CT molecular complexity index is 236.